The number of nitrogens with one attached hydrogen (secondary N) is 2. The van der Waals surface area contributed by atoms with Crippen LogP contribution >= 0.6 is 0 Å². The predicted octanol–water partition coefficient (Wildman–Crippen LogP) is 4.31. The second-order valence-corrected chi connectivity index (χ2v) is 6.69. The van der Waals surface area contributed by atoms with E-state index in [-0.39, 0.29) is 5.75 Å². The fourth-order valence-corrected chi connectivity index (χ4v) is 2.75. The lowest BCUT2D eigenvalue weighted by Crippen LogP contribution is -2.36. The van der Waals surface area contributed by atoms with Crippen LogP contribution in [0.1, 0.15) is 24.1 Å². The molecular weight excluding hydrogens is 368 g/mol. The summed E-state index contributed by atoms with van der Waals surface area (Å²) in [5.41, 5.74) is 2.27. The van der Waals surface area contributed by atoms with Gasteiger partial charge in [0.15, 0.2) is 0 Å². The quantitative estimate of drug-likeness (QED) is 0.567. The Morgan fingerprint density at radius 2 is 1.62 bits per heavy atom. The van der Waals surface area contributed by atoms with Gasteiger partial charge in [0.1, 0.15) is 17.2 Å². The maximum Gasteiger partial charge on any atom is 0.313 e. The van der Waals surface area contributed by atoms with E-state index in [9.17, 15) is 14.7 Å². The summed E-state index contributed by atoms with van der Waals surface area (Å²) in [6.07, 6.45) is 0. The SMILES string of the molecule is Cc1cccc(Oc2ccc(NC(=O)C(=O)N[C@H](C)c3cccc(O)c3)cc2)c1. The molecule has 0 aromatic heterocycles. The molecule has 29 heavy (non-hydrogen) atoms. The molecule has 2 amide bonds. The molecule has 0 saturated heterocycles. The molecule has 0 aliphatic heterocycles. The van der Waals surface area contributed by atoms with E-state index >= 15 is 0 Å². The molecule has 3 N–H and O–H groups in total. The maximum atomic E-state index is 12.2. The summed E-state index contributed by atoms with van der Waals surface area (Å²) in [4.78, 5) is 24.3. The second-order valence-electron chi connectivity index (χ2n) is 6.69. The maximum absolute atomic E-state index is 12.2. The molecule has 0 aliphatic rings. The van der Waals surface area contributed by atoms with E-state index in [0.717, 1.165) is 11.3 Å². The molecule has 0 heterocycles. The van der Waals surface area contributed by atoms with Crippen molar-refractivity contribution in [3.8, 4) is 17.2 Å². The first-order chi connectivity index (χ1) is 13.9. The Hall–Kier alpha value is -3.80. The number of hydrogen-bond donors (Lipinski definition) is 3. The Balaban J connectivity index is 1.56. The fraction of sp³-hybridized carbons (Fsp3) is 0.130. The summed E-state index contributed by atoms with van der Waals surface area (Å²) < 4.78 is 5.77. The van der Waals surface area contributed by atoms with Crippen LogP contribution < -0.4 is 15.4 Å². The van der Waals surface area contributed by atoms with Crippen LogP contribution in [0.15, 0.2) is 72.8 Å². The van der Waals surface area contributed by atoms with Crippen molar-refractivity contribution in [3.05, 3.63) is 83.9 Å². The molecule has 3 aromatic carbocycles. The molecule has 3 rings (SSSR count). The summed E-state index contributed by atoms with van der Waals surface area (Å²) in [6.45, 7) is 3.72. The smallest absolute Gasteiger partial charge is 0.313 e. The number of ether oxygens (including phenoxy) is 1. The Morgan fingerprint density at radius 3 is 2.31 bits per heavy atom. The van der Waals surface area contributed by atoms with E-state index in [1.165, 1.54) is 12.1 Å². The number of rotatable bonds is 5. The Bertz CT molecular complexity index is 1020. The molecule has 6 nitrogen and oxygen atoms in total. The van der Waals surface area contributed by atoms with E-state index < -0.39 is 17.9 Å². The van der Waals surface area contributed by atoms with E-state index in [4.69, 9.17) is 4.74 Å². The first-order valence-corrected chi connectivity index (χ1v) is 9.16. The average Bonchev–Trinajstić information content (AvgIpc) is 2.69. The number of carbonyl (C=O) groups excluding carboxylic acids is 2. The molecule has 0 aliphatic carbocycles. The lowest BCUT2D eigenvalue weighted by Gasteiger charge is -2.14. The van der Waals surface area contributed by atoms with E-state index in [1.807, 2.05) is 31.2 Å². The average molecular weight is 390 g/mol. The van der Waals surface area contributed by atoms with Crippen molar-refractivity contribution in [2.24, 2.45) is 0 Å². The Kier molecular flexibility index (Phi) is 6.14. The number of carbonyl (C=O) groups is 2. The standard InChI is InChI=1S/C23H22N2O4/c1-15-5-3-8-21(13-15)29-20-11-9-18(10-12-20)25-23(28)22(27)24-16(2)17-6-4-7-19(26)14-17/h3-14,16,26H,1-2H3,(H,24,27)(H,25,28)/t16-/m1/s1. The van der Waals surface area contributed by atoms with Gasteiger partial charge in [-0.15, -0.1) is 0 Å². The van der Waals surface area contributed by atoms with E-state index in [1.54, 1.807) is 43.3 Å². The summed E-state index contributed by atoms with van der Waals surface area (Å²) in [5, 5.41) is 14.7. The van der Waals surface area contributed by atoms with Crippen molar-refractivity contribution in [2.75, 3.05) is 5.32 Å². The molecule has 0 saturated carbocycles. The van der Waals surface area contributed by atoms with Gasteiger partial charge in [-0.3, -0.25) is 9.59 Å². The number of aromatic hydroxyl groups is 1. The van der Waals surface area contributed by atoms with Crippen LogP contribution in [0.2, 0.25) is 0 Å². The van der Waals surface area contributed by atoms with Gasteiger partial charge < -0.3 is 20.5 Å². The van der Waals surface area contributed by atoms with Crippen LogP contribution in [0.25, 0.3) is 0 Å². The third-order valence-electron chi connectivity index (χ3n) is 4.26. The van der Waals surface area contributed by atoms with Crippen molar-refractivity contribution in [3.63, 3.8) is 0 Å². The van der Waals surface area contributed by atoms with Crippen molar-refractivity contribution >= 4 is 17.5 Å². The van der Waals surface area contributed by atoms with Gasteiger partial charge in [0, 0.05) is 5.69 Å². The molecule has 0 radical (unpaired) electrons. The van der Waals surface area contributed by atoms with Crippen LogP contribution in [-0.4, -0.2) is 16.9 Å². The van der Waals surface area contributed by atoms with Gasteiger partial charge in [-0.05, 0) is 73.5 Å². The molecule has 6 heteroatoms. The van der Waals surface area contributed by atoms with Gasteiger partial charge in [-0.1, -0.05) is 24.3 Å². The number of amides is 2. The number of aryl methyl sites for hydroxylation is 1. The van der Waals surface area contributed by atoms with Crippen LogP contribution in [0.4, 0.5) is 5.69 Å². The molecule has 1 atom stereocenters. The van der Waals surface area contributed by atoms with Gasteiger partial charge in [0.05, 0.1) is 6.04 Å². The van der Waals surface area contributed by atoms with Crippen molar-refractivity contribution < 1.29 is 19.4 Å². The van der Waals surface area contributed by atoms with Crippen molar-refractivity contribution in [2.45, 2.75) is 19.9 Å². The first kappa shape index (κ1) is 19.9. The highest BCUT2D eigenvalue weighted by Gasteiger charge is 2.17. The lowest BCUT2D eigenvalue weighted by atomic mass is 10.1. The normalized spacial score (nSPS) is 11.4. The number of phenolic OH excluding ortho intramolecular Hbond substituents is 1. The Morgan fingerprint density at radius 1 is 0.897 bits per heavy atom. The zero-order chi connectivity index (χ0) is 20.8. The summed E-state index contributed by atoms with van der Waals surface area (Å²) in [7, 11) is 0. The van der Waals surface area contributed by atoms with Crippen LogP contribution in [-0.2, 0) is 9.59 Å². The van der Waals surface area contributed by atoms with Crippen LogP contribution in [0.5, 0.6) is 17.2 Å². The molecular formula is C23H22N2O4. The van der Waals surface area contributed by atoms with Gasteiger partial charge in [-0.2, -0.15) is 0 Å². The third-order valence-corrected chi connectivity index (χ3v) is 4.26. The van der Waals surface area contributed by atoms with Gasteiger partial charge >= 0.3 is 11.8 Å². The largest absolute Gasteiger partial charge is 0.508 e. The lowest BCUT2D eigenvalue weighted by molar-refractivity contribution is -0.136. The Labute approximate surface area is 169 Å². The topological polar surface area (TPSA) is 87.7 Å². The highest BCUT2D eigenvalue weighted by Crippen LogP contribution is 2.24. The van der Waals surface area contributed by atoms with Crippen molar-refractivity contribution in [1.82, 2.24) is 5.32 Å². The monoisotopic (exact) mass is 390 g/mol. The number of anilines is 1. The van der Waals surface area contributed by atoms with Crippen molar-refractivity contribution in [1.29, 1.82) is 0 Å². The summed E-state index contributed by atoms with van der Waals surface area (Å²) >= 11 is 0. The minimum absolute atomic E-state index is 0.0982. The zero-order valence-electron chi connectivity index (χ0n) is 16.2. The first-order valence-electron chi connectivity index (χ1n) is 9.16. The minimum Gasteiger partial charge on any atom is -0.508 e. The van der Waals surface area contributed by atoms with Crippen LogP contribution in [0, 0.1) is 6.92 Å². The molecule has 148 valence electrons. The number of hydrogen-bond acceptors (Lipinski definition) is 4. The highest BCUT2D eigenvalue weighted by molar-refractivity contribution is 6.39. The van der Waals surface area contributed by atoms with Gasteiger partial charge in [0.25, 0.3) is 0 Å². The molecule has 0 fully saturated rings. The van der Waals surface area contributed by atoms with E-state index in [2.05, 4.69) is 10.6 Å². The second kappa shape index (κ2) is 8.93. The third kappa shape index (κ3) is 5.59. The zero-order valence-corrected chi connectivity index (χ0v) is 16.2. The number of benzene rings is 3. The molecule has 0 spiro atoms. The highest BCUT2D eigenvalue weighted by atomic mass is 16.5. The van der Waals surface area contributed by atoms with Gasteiger partial charge in [0.2, 0.25) is 0 Å². The predicted molar refractivity (Wildman–Crippen MR) is 111 cm³/mol. The fourth-order valence-electron chi connectivity index (χ4n) is 2.75. The van der Waals surface area contributed by atoms with Gasteiger partial charge in [-0.25, -0.2) is 0 Å². The molecule has 0 unspecified atom stereocenters. The minimum atomic E-state index is -0.774. The summed E-state index contributed by atoms with van der Waals surface area (Å²) in [5.74, 6) is -0.0936. The summed E-state index contributed by atoms with van der Waals surface area (Å²) in [6, 6.07) is 20.5. The van der Waals surface area contributed by atoms with E-state index in [0.29, 0.717) is 17.0 Å². The molecule has 0 bridgehead atoms. The van der Waals surface area contributed by atoms with Crippen LogP contribution in [0.3, 0.4) is 0 Å². The molecule has 3 aromatic rings. The number of phenols is 1.